The van der Waals surface area contributed by atoms with Crippen molar-refractivity contribution in [3.8, 4) is 0 Å². The number of rotatable bonds is 4. The van der Waals surface area contributed by atoms with E-state index in [1.54, 1.807) is 0 Å². The highest BCUT2D eigenvalue weighted by Crippen LogP contribution is 2.40. The van der Waals surface area contributed by atoms with Gasteiger partial charge >= 0.3 is 0 Å². The number of nitrogens with one attached hydrogen (secondary N) is 1. The van der Waals surface area contributed by atoms with Crippen molar-refractivity contribution in [1.82, 2.24) is 5.32 Å². The predicted molar refractivity (Wildman–Crippen MR) is 83.1 cm³/mol. The van der Waals surface area contributed by atoms with Gasteiger partial charge in [0.25, 0.3) is 0 Å². The highest BCUT2D eigenvalue weighted by molar-refractivity contribution is 7.80. The highest BCUT2D eigenvalue weighted by atomic mass is 32.1. The number of hydrogen-bond donors (Lipinski definition) is 2. The smallest absolute Gasteiger partial charge is 0.224 e. The zero-order valence-corrected chi connectivity index (χ0v) is 12.0. The molecule has 1 N–H and O–H groups in total. The molecule has 0 radical (unpaired) electrons. The standard InChI is InChI=1S/C17H17NOS/c19-17(10-12-6-8-14(20)9-7-12)18-16-11-15(16)13-4-2-1-3-5-13/h1-9,15-16,20H,10-11H2,(H,18,19). The maximum atomic E-state index is 12.0. The topological polar surface area (TPSA) is 29.1 Å². The van der Waals surface area contributed by atoms with Gasteiger partial charge in [-0.3, -0.25) is 4.79 Å². The molecule has 2 nitrogen and oxygen atoms in total. The summed E-state index contributed by atoms with van der Waals surface area (Å²) in [6.45, 7) is 0. The van der Waals surface area contributed by atoms with E-state index in [0.29, 0.717) is 18.4 Å². The Hall–Kier alpha value is -1.74. The molecular weight excluding hydrogens is 266 g/mol. The van der Waals surface area contributed by atoms with Gasteiger partial charge in [-0.1, -0.05) is 42.5 Å². The van der Waals surface area contributed by atoms with Gasteiger partial charge in [-0.2, -0.15) is 0 Å². The maximum absolute atomic E-state index is 12.0. The number of thiol groups is 1. The molecule has 1 amide bonds. The Morgan fingerprint density at radius 3 is 2.50 bits per heavy atom. The van der Waals surface area contributed by atoms with Crippen LogP contribution in [-0.4, -0.2) is 11.9 Å². The number of carbonyl (C=O) groups excluding carboxylic acids is 1. The fraction of sp³-hybridized carbons (Fsp3) is 0.235. The fourth-order valence-electron chi connectivity index (χ4n) is 2.48. The molecule has 20 heavy (non-hydrogen) atoms. The van der Waals surface area contributed by atoms with Crippen LogP contribution in [0.3, 0.4) is 0 Å². The quantitative estimate of drug-likeness (QED) is 0.829. The average Bonchev–Trinajstić information content (AvgIpc) is 3.21. The zero-order valence-electron chi connectivity index (χ0n) is 11.1. The zero-order chi connectivity index (χ0) is 13.9. The van der Waals surface area contributed by atoms with Crippen molar-refractivity contribution < 1.29 is 4.79 Å². The molecule has 3 rings (SSSR count). The molecule has 1 fully saturated rings. The Morgan fingerprint density at radius 1 is 1.10 bits per heavy atom. The summed E-state index contributed by atoms with van der Waals surface area (Å²) in [5.74, 6) is 0.584. The first-order chi connectivity index (χ1) is 9.72. The van der Waals surface area contributed by atoms with Crippen LogP contribution in [0.5, 0.6) is 0 Å². The van der Waals surface area contributed by atoms with Crippen LogP contribution in [-0.2, 0) is 11.2 Å². The van der Waals surface area contributed by atoms with E-state index in [0.717, 1.165) is 16.9 Å². The van der Waals surface area contributed by atoms with Crippen LogP contribution in [0.15, 0.2) is 59.5 Å². The lowest BCUT2D eigenvalue weighted by atomic mass is 10.1. The van der Waals surface area contributed by atoms with Gasteiger partial charge in [-0.15, -0.1) is 12.6 Å². The van der Waals surface area contributed by atoms with Gasteiger partial charge < -0.3 is 5.32 Å². The van der Waals surface area contributed by atoms with Gasteiger partial charge in [0.2, 0.25) is 5.91 Å². The Labute approximate surface area is 124 Å². The van der Waals surface area contributed by atoms with Crippen LogP contribution in [0.4, 0.5) is 0 Å². The van der Waals surface area contributed by atoms with E-state index in [9.17, 15) is 4.79 Å². The van der Waals surface area contributed by atoms with Crippen LogP contribution < -0.4 is 5.32 Å². The van der Waals surface area contributed by atoms with Gasteiger partial charge in [0.15, 0.2) is 0 Å². The van der Waals surface area contributed by atoms with Crippen molar-refractivity contribution in [2.75, 3.05) is 0 Å². The summed E-state index contributed by atoms with van der Waals surface area (Å²) < 4.78 is 0. The molecule has 0 aliphatic heterocycles. The SMILES string of the molecule is O=C(Cc1ccc(S)cc1)NC1CC1c1ccccc1. The molecule has 0 heterocycles. The number of hydrogen-bond acceptors (Lipinski definition) is 2. The van der Waals surface area contributed by atoms with Gasteiger partial charge in [-0.25, -0.2) is 0 Å². The normalized spacial score (nSPS) is 20.4. The molecule has 2 aromatic rings. The second-order valence-electron chi connectivity index (χ2n) is 5.27. The minimum absolute atomic E-state index is 0.0975. The molecule has 0 aromatic heterocycles. The molecular formula is C17H17NOS. The van der Waals surface area contributed by atoms with Crippen LogP contribution in [0, 0.1) is 0 Å². The Bertz CT molecular complexity index is 594. The van der Waals surface area contributed by atoms with Crippen molar-refractivity contribution in [3.63, 3.8) is 0 Å². The predicted octanol–water partition coefficient (Wildman–Crippen LogP) is 3.19. The van der Waals surface area contributed by atoms with Gasteiger partial charge in [0.1, 0.15) is 0 Å². The molecule has 2 atom stereocenters. The Balaban J connectivity index is 1.52. The molecule has 0 saturated heterocycles. The fourth-order valence-corrected chi connectivity index (χ4v) is 2.63. The lowest BCUT2D eigenvalue weighted by molar-refractivity contribution is -0.120. The lowest BCUT2D eigenvalue weighted by Gasteiger charge is -2.05. The van der Waals surface area contributed by atoms with E-state index in [-0.39, 0.29) is 5.91 Å². The van der Waals surface area contributed by atoms with Gasteiger partial charge in [0.05, 0.1) is 6.42 Å². The van der Waals surface area contributed by atoms with E-state index in [4.69, 9.17) is 0 Å². The molecule has 1 aliphatic carbocycles. The summed E-state index contributed by atoms with van der Waals surface area (Å²) in [5.41, 5.74) is 2.34. The van der Waals surface area contributed by atoms with E-state index < -0.39 is 0 Å². The summed E-state index contributed by atoms with van der Waals surface area (Å²) >= 11 is 4.24. The van der Waals surface area contributed by atoms with Crippen LogP contribution in [0.25, 0.3) is 0 Å². The first-order valence-electron chi connectivity index (χ1n) is 6.84. The van der Waals surface area contributed by atoms with E-state index in [1.807, 2.05) is 42.5 Å². The maximum Gasteiger partial charge on any atom is 0.224 e. The highest BCUT2D eigenvalue weighted by Gasteiger charge is 2.39. The van der Waals surface area contributed by atoms with Crippen LogP contribution in [0.2, 0.25) is 0 Å². The minimum Gasteiger partial charge on any atom is -0.352 e. The third kappa shape index (κ3) is 3.23. The largest absolute Gasteiger partial charge is 0.352 e. The molecule has 2 unspecified atom stereocenters. The monoisotopic (exact) mass is 283 g/mol. The molecule has 3 heteroatoms. The third-order valence-electron chi connectivity index (χ3n) is 3.67. The minimum atomic E-state index is 0.0975. The number of amides is 1. The van der Waals surface area contributed by atoms with Crippen molar-refractivity contribution in [2.24, 2.45) is 0 Å². The van der Waals surface area contributed by atoms with Gasteiger partial charge in [-0.05, 0) is 29.7 Å². The van der Waals surface area contributed by atoms with Crippen molar-refractivity contribution in [1.29, 1.82) is 0 Å². The Morgan fingerprint density at radius 2 is 1.80 bits per heavy atom. The molecule has 0 bridgehead atoms. The van der Waals surface area contributed by atoms with Crippen molar-refractivity contribution in [3.05, 3.63) is 65.7 Å². The average molecular weight is 283 g/mol. The van der Waals surface area contributed by atoms with Crippen LogP contribution in [0.1, 0.15) is 23.5 Å². The van der Waals surface area contributed by atoms with Crippen molar-refractivity contribution >= 4 is 18.5 Å². The summed E-state index contributed by atoms with van der Waals surface area (Å²) in [5, 5.41) is 3.11. The molecule has 2 aromatic carbocycles. The van der Waals surface area contributed by atoms with E-state index in [1.165, 1.54) is 5.56 Å². The molecule has 0 spiro atoms. The second-order valence-corrected chi connectivity index (χ2v) is 5.79. The lowest BCUT2D eigenvalue weighted by Crippen LogP contribution is -2.28. The van der Waals surface area contributed by atoms with Gasteiger partial charge in [0, 0.05) is 16.9 Å². The second kappa shape index (κ2) is 5.71. The summed E-state index contributed by atoms with van der Waals surface area (Å²) in [4.78, 5) is 12.9. The number of benzene rings is 2. The molecule has 102 valence electrons. The first kappa shape index (κ1) is 13.3. The number of carbonyl (C=O) groups is 1. The Kier molecular flexibility index (Phi) is 3.79. The van der Waals surface area contributed by atoms with E-state index in [2.05, 4.69) is 30.1 Å². The first-order valence-corrected chi connectivity index (χ1v) is 7.29. The summed E-state index contributed by atoms with van der Waals surface area (Å²) in [6.07, 6.45) is 1.48. The molecule has 1 aliphatic rings. The van der Waals surface area contributed by atoms with Crippen molar-refractivity contribution in [2.45, 2.75) is 29.7 Å². The van der Waals surface area contributed by atoms with E-state index >= 15 is 0 Å². The molecule has 1 saturated carbocycles. The summed E-state index contributed by atoms with van der Waals surface area (Å²) in [7, 11) is 0. The van der Waals surface area contributed by atoms with Crippen LogP contribution >= 0.6 is 12.6 Å². The third-order valence-corrected chi connectivity index (χ3v) is 3.96. The summed E-state index contributed by atoms with van der Waals surface area (Å²) in [6, 6.07) is 18.4.